The molecule has 0 saturated heterocycles. The summed E-state index contributed by atoms with van der Waals surface area (Å²) in [7, 11) is 0. The zero-order chi connectivity index (χ0) is 17.1. The van der Waals surface area contributed by atoms with Crippen LogP contribution in [0.15, 0.2) is 0 Å². The second kappa shape index (κ2) is 72.2. The maximum absolute atomic E-state index is 2.23. The molecule has 0 heterocycles. The zero-order valence-electron chi connectivity index (χ0n) is 17.1. The molecule has 0 amide bonds. The number of hydrogen-bond acceptors (Lipinski definition) is 0. The first-order valence-corrected chi connectivity index (χ1v) is 9.66. The molecule has 0 fully saturated rings. The van der Waals surface area contributed by atoms with Crippen molar-refractivity contribution in [2.24, 2.45) is 0 Å². The quantitative estimate of drug-likeness (QED) is 0.428. The fourth-order valence-electron chi connectivity index (χ4n) is 0.854. The molecule has 0 saturated carbocycles. The van der Waals surface area contributed by atoms with Crippen molar-refractivity contribution in [1.82, 2.24) is 0 Å². The first-order valence-electron chi connectivity index (χ1n) is 9.66. The molecular weight excluding hydrogens is 252 g/mol. The second-order valence-electron chi connectivity index (χ2n) is 4.77. The van der Waals surface area contributed by atoms with E-state index in [1.165, 1.54) is 64.2 Å². The molecule has 0 aromatic rings. The van der Waals surface area contributed by atoms with Crippen molar-refractivity contribution in [3.05, 3.63) is 0 Å². The van der Waals surface area contributed by atoms with Gasteiger partial charge in [0.1, 0.15) is 0 Å². The van der Waals surface area contributed by atoms with Crippen LogP contribution in [0.2, 0.25) is 0 Å². The highest BCUT2D eigenvalue weighted by Gasteiger charge is 1.75. The fraction of sp³-hybridized carbons (Fsp3) is 1.00. The molecule has 0 aliphatic rings. The van der Waals surface area contributed by atoms with Gasteiger partial charge >= 0.3 is 0 Å². The Kier molecular flexibility index (Phi) is 128. The van der Waals surface area contributed by atoms with Crippen molar-refractivity contribution in [3.8, 4) is 0 Å². The molecule has 0 atom stereocenters. The van der Waals surface area contributed by atoms with E-state index in [0.717, 1.165) is 0 Å². The normalized spacial score (nSPS) is 7.14. The fourth-order valence-corrected chi connectivity index (χ4v) is 0.854. The summed E-state index contributed by atoms with van der Waals surface area (Å²) in [5, 5.41) is 0. The maximum atomic E-state index is 2.23. The first kappa shape index (κ1) is 37.3. The van der Waals surface area contributed by atoms with E-state index in [2.05, 4.69) is 55.4 Å². The van der Waals surface area contributed by atoms with Gasteiger partial charge in [0, 0.05) is 0 Å². The van der Waals surface area contributed by atoms with Crippen LogP contribution in [0.25, 0.3) is 0 Å². The second-order valence-corrected chi connectivity index (χ2v) is 4.77. The van der Waals surface area contributed by atoms with Crippen LogP contribution in [-0.4, -0.2) is 0 Å². The Morgan fingerprint density at radius 2 is 0.571 bits per heavy atom. The maximum Gasteiger partial charge on any atom is -0.0536 e. The summed E-state index contributed by atoms with van der Waals surface area (Å²) in [6, 6.07) is 0. The summed E-state index contributed by atoms with van der Waals surface area (Å²) in [5.74, 6) is 0. The smallest absolute Gasteiger partial charge is 0.0536 e. The van der Waals surface area contributed by atoms with E-state index >= 15 is 0 Å². The van der Waals surface area contributed by atoms with Gasteiger partial charge in [-0.3, -0.25) is 0 Å². The van der Waals surface area contributed by atoms with Crippen molar-refractivity contribution in [2.75, 3.05) is 0 Å². The molecule has 0 bridgehead atoms. The third-order valence-corrected chi connectivity index (χ3v) is 2.16. The van der Waals surface area contributed by atoms with E-state index in [4.69, 9.17) is 0 Å². The largest absolute Gasteiger partial charge is 0.0776 e. The highest BCUT2D eigenvalue weighted by atomic mass is 13.8. The Morgan fingerprint density at radius 3 is 0.619 bits per heavy atom. The number of hydrogen-bond donors (Lipinski definition) is 0. The lowest BCUT2D eigenvalue weighted by atomic mass is 10.2. The average Bonchev–Trinajstić information content (AvgIpc) is 2.49. The van der Waals surface area contributed by atoms with Crippen molar-refractivity contribution in [1.29, 1.82) is 0 Å². The van der Waals surface area contributed by atoms with Gasteiger partial charge in [-0.25, -0.2) is 0 Å². The predicted octanol–water partition coefficient (Wildman–Crippen LogP) is 9.67. The van der Waals surface area contributed by atoms with Crippen molar-refractivity contribution in [2.45, 2.75) is 141 Å². The molecule has 0 aromatic heterocycles. The van der Waals surface area contributed by atoms with Crippen LogP contribution in [0, 0.1) is 0 Å². The molecule has 0 unspecified atom stereocenters. The minimum Gasteiger partial charge on any atom is -0.0776 e. The summed E-state index contributed by atoms with van der Waals surface area (Å²) in [5.41, 5.74) is 0. The Bertz CT molecular complexity index is 58.4. The van der Waals surface area contributed by atoms with E-state index in [9.17, 15) is 0 Å². The summed E-state index contributed by atoms with van der Waals surface area (Å²) in [6.07, 6.45) is 13.5. The summed E-state index contributed by atoms with van der Waals surface area (Å²) >= 11 is 0. The summed E-state index contributed by atoms with van der Waals surface area (Å²) in [4.78, 5) is 0. The van der Waals surface area contributed by atoms with Crippen molar-refractivity contribution >= 4 is 0 Å². The molecule has 0 spiro atoms. The van der Waals surface area contributed by atoms with Gasteiger partial charge in [0.15, 0.2) is 0 Å². The van der Waals surface area contributed by atoms with E-state index in [1.54, 1.807) is 0 Å². The standard InChI is InChI=1S/C6H14.C5H12.C4H10.C3H8.C2H6.CH4/c1-3-5-6-4-2;1-3-5-4-2;1-3-4-2;1-3-2;1-2;/h3-6H2,1-2H3;3-5H2,1-2H3;3-4H2,1-2H3;3H2,1-2H3;1-2H3;1H4. The Labute approximate surface area is 141 Å². The summed E-state index contributed by atoms with van der Waals surface area (Å²) in [6.45, 7) is 21.5. The molecule has 0 rings (SSSR count). The van der Waals surface area contributed by atoms with Gasteiger partial charge in [-0.1, -0.05) is 141 Å². The van der Waals surface area contributed by atoms with E-state index in [-0.39, 0.29) is 7.43 Å². The molecule has 0 aliphatic heterocycles. The molecular formula is C21H54. The number of unbranched alkanes of at least 4 members (excludes halogenated alkanes) is 6. The predicted molar refractivity (Wildman–Crippen MR) is 110 cm³/mol. The molecule has 0 aromatic carbocycles. The van der Waals surface area contributed by atoms with Gasteiger partial charge < -0.3 is 0 Å². The van der Waals surface area contributed by atoms with Crippen LogP contribution in [0.1, 0.15) is 141 Å². The highest BCUT2D eigenvalue weighted by Crippen LogP contribution is 1.95. The Morgan fingerprint density at radius 1 is 0.381 bits per heavy atom. The molecule has 138 valence electrons. The van der Waals surface area contributed by atoms with E-state index < -0.39 is 0 Å². The Balaban J connectivity index is -0.0000000346. The van der Waals surface area contributed by atoms with E-state index in [0.29, 0.717) is 0 Å². The van der Waals surface area contributed by atoms with Crippen LogP contribution < -0.4 is 0 Å². The minimum absolute atomic E-state index is 0. The lowest BCUT2D eigenvalue weighted by molar-refractivity contribution is 0.702. The van der Waals surface area contributed by atoms with Gasteiger partial charge in [-0.15, -0.1) is 0 Å². The lowest BCUT2D eigenvalue weighted by Crippen LogP contribution is -1.66. The number of rotatable bonds is 6. The molecule has 21 heavy (non-hydrogen) atoms. The van der Waals surface area contributed by atoms with Crippen LogP contribution in [0.4, 0.5) is 0 Å². The molecule has 0 aliphatic carbocycles. The van der Waals surface area contributed by atoms with Crippen molar-refractivity contribution < 1.29 is 0 Å². The van der Waals surface area contributed by atoms with Gasteiger partial charge in [-0.05, 0) is 0 Å². The van der Waals surface area contributed by atoms with Crippen molar-refractivity contribution in [3.63, 3.8) is 0 Å². The van der Waals surface area contributed by atoms with Crippen LogP contribution in [-0.2, 0) is 0 Å². The summed E-state index contributed by atoms with van der Waals surface area (Å²) < 4.78 is 0. The third-order valence-electron chi connectivity index (χ3n) is 2.16. The first-order chi connectivity index (χ1) is 9.66. The molecule has 0 nitrogen and oxygen atoms in total. The average molecular weight is 307 g/mol. The van der Waals surface area contributed by atoms with Crippen LogP contribution in [0.3, 0.4) is 0 Å². The zero-order valence-corrected chi connectivity index (χ0v) is 17.1. The van der Waals surface area contributed by atoms with E-state index in [1.807, 2.05) is 13.8 Å². The SMILES string of the molecule is C.CC.CCC.CCCC.CCCCC.CCCCCC. The topological polar surface area (TPSA) is 0 Å². The molecule has 0 radical (unpaired) electrons. The van der Waals surface area contributed by atoms with Gasteiger partial charge in [0.2, 0.25) is 0 Å². The lowest BCUT2D eigenvalue weighted by Gasteiger charge is -1.86. The molecule has 0 heteroatoms. The van der Waals surface area contributed by atoms with Gasteiger partial charge in [0.25, 0.3) is 0 Å². The van der Waals surface area contributed by atoms with Crippen LogP contribution >= 0.6 is 0 Å². The monoisotopic (exact) mass is 306 g/mol. The molecule has 0 N–H and O–H groups in total. The third kappa shape index (κ3) is 180. The minimum atomic E-state index is 0. The highest BCUT2D eigenvalue weighted by molar-refractivity contribution is 4.31. The van der Waals surface area contributed by atoms with Gasteiger partial charge in [0.05, 0.1) is 0 Å². The van der Waals surface area contributed by atoms with Gasteiger partial charge in [-0.2, -0.15) is 0 Å². The Hall–Kier alpha value is 0. The van der Waals surface area contributed by atoms with Crippen LogP contribution in [0.5, 0.6) is 0 Å².